The lowest BCUT2D eigenvalue weighted by atomic mass is 9.67. The molecule has 0 saturated carbocycles. The van der Waals surface area contributed by atoms with Crippen LogP contribution >= 0.6 is 0 Å². The quantitative estimate of drug-likeness (QED) is 0.0933. The molecule has 2 aliphatic carbocycles. The molecule has 0 bridgehead atoms. The first-order valence-corrected chi connectivity index (χ1v) is 21.4. The molecule has 0 spiro atoms. The van der Waals surface area contributed by atoms with Gasteiger partial charge in [0.2, 0.25) is 0 Å². The summed E-state index contributed by atoms with van der Waals surface area (Å²) in [5.74, 6) is 1.30. The van der Waals surface area contributed by atoms with E-state index in [1.807, 2.05) is 12.1 Å². The Hall–Kier alpha value is -3.04. The molecule has 296 valence electrons. The lowest BCUT2D eigenvalue weighted by molar-refractivity contribution is 0.0847. The molecule has 0 N–H and O–H groups in total. The van der Waals surface area contributed by atoms with Gasteiger partial charge in [0.15, 0.2) is 22.8 Å². The van der Waals surface area contributed by atoms with Crippen LogP contribution in [0.1, 0.15) is 193 Å². The van der Waals surface area contributed by atoms with E-state index in [4.69, 9.17) is 4.74 Å². The van der Waals surface area contributed by atoms with Gasteiger partial charge in [-0.2, -0.15) is 0 Å². The molecule has 4 atom stereocenters. The maximum Gasteiger partial charge on any atom is 0.199 e. The van der Waals surface area contributed by atoms with Crippen LogP contribution in [0.5, 0.6) is 0 Å². The van der Waals surface area contributed by atoms with Crippen molar-refractivity contribution in [3.05, 3.63) is 105 Å². The number of ketones is 2. The van der Waals surface area contributed by atoms with E-state index in [1.165, 1.54) is 67.2 Å². The summed E-state index contributed by atoms with van der Waals surface area (Å²) in [6.45, 7) is 22.8. The van der Waals surface area contributed by atoms with Crippen LogP contribution in [0, 0.1) is 17.3 Å². The number of hydrogen-bond donors (Lipinski definition) is 0. The summed E-state index contributed by atoms with van der Waals surface area (Å²) in [5, 5.41) is 0. The fourth-order valence-corrected chi connectivity index (χ4v) is 9.05. The van der Waals surface area contributed by atoms with Crippen LogP contribution in [0.15, 0.2) is 94.2 Å². The second-order valence-electron chi connectivity index (χ2n) is 18.4. The fourth-order valence-electron chi connectivity index (χ4n) is 9.05. The second kappa shape index (κ2) is 19.7. The number of epoxide rings is 1. The maximum atomic E-state index is 13.3. The van der Waals surface area contributed by atoms with Gasteiger partial charge in [-0.3, -0.25) is 9.59 Å². The molecule has 3 nitrogen and oxygen atoms in total. The lowest BCUT2D eigenvalue weighted by Gasteiger charge is -2.38. The number of carbonyl (C=O) groups is 2. The summed E-state index contributed by atoms with van der Waals surface area (Å²) in [4.78, 5) is 26.4. The van der Waals surface area contributed by atoms with Gasteiger partial charge in [-0.25, -0.2) is 0 Å². The third-order valence-corrected chi connectivity index (χ3v) is 13.2. The van der Waals surface area contributed by atoms with Crippen LogP contribution in [0.4, 0.5) is 0 Å². The summed E-state index contributed by atoms with van der Waals surface area (Å²) in [5.41, 5.74) is 8.38. The Labute approximate surface area is 330 Å². The van der Waals surface area contributed by atoms with Crippen molar-refractivity contribution in [2.24, 2.45) is 17.3 Å². The number of ether oxygens (including phenoxy) is 1. The number of allylic oxidation sites excluding steroid dienone is 11. The summed E-state index contributed by atoms with van der Waals surface area (Å²) in [6, 6.07) is 7.13. The van der Waals surface area contributed by atoms with Gasteiger partial charge in [-0.05, 0) is 156 Å². The van der Waals surface area contributed by atoms with Crippen LogP contribution in [0.25, 0.3) is 0 Å². The largest absolute Gasteiger partial charge is 0.345 e. The Morgan fingerprint density at radius 2 is 1.24 bits per heavy atom. The average Bonchev–Trinajstić information content (AvgIpc) is 3.76. The first-order chi connectivity index (χ1) is 25.6. The molecule has 1 saturated heterocycles. The third kappa shape index (κ3) is 11.5. The third-order valence-electron chi connectivity index (χ3n) is 13.2. The Bertz CT molecular complexity index is 1660. The highest BCUT2D eigenvalue weighted by atomic mass is 16.6. The zero-order valence-electron chi connectivity index (χ0n) is 36.0. The number of Topliss-reactive ketones (excluding diaryl/α,β-unsaturated/α-hetero) is 2. The fraction of sp³-hybridized carbons (Fsp3) is 0.608. The highest BCUT2D eigenvalue weighted by molar-refractivity contribution is 6.25. The Morgan fingerprint density at radius 3 is 1.81 bits per heavy atom. The Balaban J connectivity index is 1.05. The van der Waals surface area contributed by atoms with Crippen molar-refractivity contribution in [2.45, 2.75) is 183 Å². The van der Waals surface area contributed by atoms with Gasteiger partial charge in [-0.1, -0.05) is 121 Å². The van der Waals surface area contributed by atoms with Gasteiger partial charge < -0.3 is 4.74 Å². The summed E-state index contributed by atoms with van der Waals surface area (Å²) in [7, 11) is 0. The molecule has 0 amide bonds. The maximum absolute atomic E-state index is 13.3. The minimum atomic E-state index is -1.03. The first kappa shape index (κ1) is 43.7. The van der Waals surface area contributed by atoms with E-state index < -0.39 is 11.2 Å². The van der Waals surface area contributed by atoms with Crippen LogP contribution in [0.2, 0.25) is 0 Å². The van der Waals surface area contributed by atoms with Crippen molar-refractivity contribution in [1.29, 1.82) is 0 Å². The van der Waals surface area contributed by atoms with Crippen LogP contribution in [0.3, 0.4) is 0 Å². The smallest absolute Gasteiger partial charge is 0.199 e. The van der Waals surface area contributed by atoms with Crippen molar-refractivity contribution < 1.29 is 14.3 Å². The molecular weight excluding hydrogens is 661 g/mol. The molecule has 1 aliphatic heterocycles. The molecule has 3 aliphatic rings. The monoisotopic (exact) mass is 735 g/mol. The van der Waals surface area contributed by atoms with Crippen LogP contribution < -0.4 is 0 Å². The highest BCUT2D eigenvalue weighted by Crippen LogP contribution is 2.57. The zero-order valence-corrected chi connectivity index (χ0v) is 36.0. The Kier molecular flexibility index (Phi) is 15.9. The van der Waals surface area contributed by atoms with Crippen molar-refractivity contribution in [3.8, 4) is 0 Å². The molecular formula is C51H74O3. The second-order valence-corrected chi connectivity index (χ2v) is 18.4. The molecule has 0 aromatic heterocycles. The van der Waals surface area contributed by atoms with Crippen molar-refractivity contribution in [3.63, 3.8) is 0 Å². The van der Waals surface area contributed by atoms with Crippen LogP contribution in [-0.2, 0) is 4.74 Å². The molecule has 4 rings (SSSR count). The average molecular weight is 735 g/mol. The topological polar surface area (TPSA) is 46.7 Å². The molecule has 4 unspecified atom stereocenters. The molecule has 1 aromatic rings. The highest BCUT2D eigenvalue weighted by Gasteiger charge is 2.77. The van der Waals surface area contributed by atoms with Gasteiger partial charge in [0.1, 0.15) is 0 Å². The summed E-state index contributed by atoms with van der Waals surface area (Å²) < 4.78 is 5.96. The predicted octanol–water partition coefficient (Wildman–Crippen LogP) is 14.8. The van der Waals surface area contributed by atoms with Crippen molar-refractivity contribution in [1.82, 2.24) is 0 Å². The van der Waals surface area contributed by atoms with E-state index >= 15 is 0 Å². The Morgan fingerprint density at radius 1 is 0.722 bits per heavy atom. The van der Waals surface area contributed by atoms with Gasteiger partial charge >= 0.3 is 0 Å². The molecule has 1 heterocycles. The van der Waals surface area contributed by atoms with Crippen LogP contribution in [-0.4, -0.2) is 22.8 Å². The number of fused-ring (bicyclic) bond motifs is 2. The summed E-state index contributed by atoms with van der Waals surface area (Å²) in [6.07, 6.45) is 32.7. The summed E-state index contributed by atoms with van der Waals surface area (Å²) >= 11 is 0. The SMILES string of the molecule is CC(=CCCC(C)=CCCC(C)CCCC(C)=CCC12OC1(C)C(=O)c1ccccc1C2=O)CCC=C(C)CCC=C(C)CCC1C(C)=CCCC1(C)C. The standard InChI is InChI=1S/C51H74O3/c1-37(21-14-23-39(3)25-16-27-41(5)32-33-46-43(7)29-18-35-49(46,8)9)19-13-20-38(2)22-15-24-40(4)26-17-28-42(6)34-36-51-48(53)45-31-12-11-30-44(45)47(52)50(51,10)54-51/h11-12,19,22-23,27,29-31,34,40,46H,13-18,20-21,24-26,28,32-33,35-36H2,1-10H3. The minimum absolute atomic E-state index is 0.0487. The van der Waals surface area contributed by atoms with Gasteiger partial charge in [0.05, 0.1) is 0 Å². The van der Waals surface area contributed by atoms with Crippen molar-refractivity contribution in [2.75, 3.05) is 0 Å². The van der Waals surface area contributed by atoms with Gasteiger partial charge in [-0.15, -0.1) is 0 Å². The number of carbonyl (C=O) groups excluding carboxylic acids is 2. The first-order valence-electron chi connectivity index (χ1n) is 21.4. The lowest BCUT2D eigenvalue weighted by Crippen LogP contribution is -2.43. The normalized spacial score (nSPS) is 25.3. The van der Waals surface area contributed by atoms with Gasteiger partial charge in [0, 0.05) is 17.5 Å². The molecule has 54 heavy (non-hydrogen) atoms. The van der Waals surface area contributed by atoms with Gasteiger partial charge in [0.25, 0.3) is 0 Å². The van der Waals surface area contributed by atoms with E-state index in [0.29, 0.717) is 28.9 Å². The zero-order chi connectivity index (χ0) is 39.5. The molecule has 1 aromatic carbocycles. The molecule has 0 radical (unpaired) electrons. The predicted molar refractivity (Wildman–Crippen MR) is 230 cm³/mol. The van der Waals surface area contributed by atoms with E-state index in [9.17, 15) is 9.59 Å². The van der Waals surface area contributed by atoms with E-state index in [0.717, 1.165) is 57.3 Å². The number of benzene rings is 1. The van der Waals surface area contributed by atoms with E-state index in [-0.39, 0.29) is 11.6 Å². The van der Waals surface area contributed by atoms with Crippen molar-refractivity contribution >= 4 is 11.6 Å². The van der Waals surface area contributed by atoms with E-state index in [1.54, 1.807) is 30.2 Å². The molecule has 1 fully saturated rings. The molecule has 3 heteroatoms. The van der Waals surface area contributed by atoms with E-state index in [2.05, 4.69) is 98.8 Å². The number of rotatable bonds is 21. The minimum Gasteiger partial charge on any atom is -0.345 e. The number of hydrogen-bond acceptors (Lipinski definition) is 3.